The Morgan fingerprint density at radius 1 is 1.06 bits per heavy atom. The van der Waals surface area contributed by atoms with E-state index in [4.69, 9.17) is 11.6 Å². The molecule has 3 unspecified atom stereocenters. The number of anilines is 1. The van der Waals surface area contributed by atoms with Gasteiger partial charge >= 0.3 is 0 Å². The predicted molar refractivity (Wildman–Crippen MR) is 76.0 cm³/mol. The molecular formula is C15H21ClN2. The highest BCUT2D eigenvalue weighted by Gasteiger charge is 2.32. The molecule has 0 amide bonds. The van der Waals surface area contributed by atoms with Gasteiger partial charge in [-0.1, -0.05) is 43.4 Å². The second-order valence-corrected chi connectivity index (χ2v) is 6.19. The Hall–Kier alpha value is -0.760. The number of hydrogen-bond donors (Lipinski definition) is 1. The lowest BCUT2D eigenvalue weighted by Gasteiger charge is -2.39. The number of nitrogens with zero attached hydrogens (tertiary/aromatic N) is 1. The lowest BCUT2D eigenvalue weighted by molar-refractivity contribution is 0.162. The Kier molecular flexibility index (Phi) is 3.74. The van der Waals surface area contributed by atoms with Crippen LogP contribution in [0.3, 0.4) is 0 Å². The minimum Gasteiger partial charge on any atom is -0.367 e. The Bertz CT molecular complexity index is 407. The van der Waals surface area contributed by atoms with Crippen LogP contribution in [-0.4, -0.2) is 11.0 Å². The summed E-state index contributed by atoms with van der Waals surface area (Å²) in [6.45, 7) is 0. The zero-order valence-corrected chi connectivity index (χ0v) is 11.5. The second kappa shape index (κ2) is 5.48. The minimum absolute atomic E-state index is 0.575. The maximum atomic E-state index is 5.92. The smallest absolute Gasteiger partial charge is 0.131 e. The number of nitrogens with one attached hydrogen (secondary N) is 1. The molecule has 18 heavy (non-hydrogen) atoms. The van der Waals surface area contributed by atoms with E-state index in [1.165, 1.54) is 44.9 Å². The molecule has 3 heteroatoms. The topological polar surface area (TPSA) is 24.9 Å². The minimum atomic E-state index is 0.575. The molecule has 0 radical (unpaired) electrons. The summed E-state index contributed by atoms with van der Waals surface area (Å²) >= 11 is 5.92. The van der Waals surface area contributed by atoms with E-state index in [9.17, 15) is 0 Å². The molecule has 1 heterocycles. The van der Waals surface area contributed by atoms with Crippen LogP contribution < -0.4 is 5.32 Å². The summed E-state index contributed by atoms with van der Waals surface area (Å²) in [6, 6.07) is 6.39. The van der Waals surface area contributed by atoms with Gasteiger partial charge in [0.2, 0.25) is 0 Å². The molecule has 2 saturated carbocycles. The van der Waals surface area contributed by atoms with Crippen molar-refractivity contribution in [3.05, 3.63) is 23.4 Å². The van der Waals surface area contributed by atoms with Crippen molar-refractivity contribution in [1.29, 1.82) is 0 Å². The van der Waals surface area contributed by atoms with Crippen molar-refractivity contribution in [1.82, 2.24) is 4.98 Å². The highest BCUT2D eigenvalue weighted by Crippen LogP contribution is 2.41. The third kappa shape index (κ3) is 2.80. The number of fused-ring (bicyclic) bond motifs is 1. The molecule has 0 spiro atoms. The molecule has 3 atom stereocenters. The van der Waals surface area contributed by atoms with Crippen LogP contribution in [0.5, 0.6) is 0 Å². The van der Waals surface area contributed by atoms with Crippen LogP contribution in [0.4, 0.5) is 5.82 Å². The first kappa shape index (κ1) is 12.3. The van der Waals surface area contributed by atoms with E-state index < -0.39 is 0 Å². The average Bonchev–Trinajstić information content (AvgIpc) is 2.39. The molecule has 0 saturated heterocycles. The normalized spacial score (nSPS) is 31.7. The second-order valence-electron chi connectivity index (χ2n) is 5.80. The van der Waals surface area contributed by atoms with Crippen molar-refractivity contribution in [2.45, 2.75) is 51.0 Å². The highest BCUT2D eigenvalue weighted by molar-refractivity contribution is 6.29. The summed E-state index contributed by atoms with van der Waals surface area (Å²) in [5.41, 5.74) is 0. The van der Waals surface area contributed by atoms with Gasteiger partial charge in [-0.3, -0.25) is 0 Å². The summed E-state index contributed by atoms with van der Waals surface area (Å²) in [5, 5.41) is 4.13. The number of hydrogen-bond acceptors (Lipinski definition) is 2. The van der Waals surface area contributed by atoms with E-state index in [1.807, 2.05) is 18.2 Å². The van der Waals surface area contributed by atoms with Gasteiger partial charge in [0.15, 0.2) is 0 Å². The Morgan fingerprint density at radius 3 is 2.72 bits per heavy atom. The molecule has 1 aromatic rings. The predicted octanol–water partition coefficient (Wildman–Crippen LogP) is 4.51. The molecule has 0 bridgehead atoms. The molecule has 3 rings (SSSR count). The maximum Gasteiger partial charge on any atom is 0.131 e. The van der Waals surface area contributed by atoms with Gasteiger partial charge in [0.05, 0.1) is 0 Å². The summed E-state index contributed by atoms with van der Waals surface area (Å²) in [6.07, 6.45) is 9.79. The van der Waals surface area contributed by atoms with Crippen LogP contribution in [0.1, 0.15) is 44.9 Å². The molecule has 1 aromatic heterocycles. The number of pyridine rings is 1. The van der Waals surface area contributed by atoms with E-state index in [1.54, 1.807) is 0 Å². The van der Waals surface area contributed by atoms with E-state index in [0.717, 1.165) is 17.7 Å². The van der Waals surface area contributed by atoms with Crippen molar-refractivity contribution < 1.29 is 0 Å². The van der Waals surface area contributed by atoms with E-state index >= 15 is 0 Å². The van der Waals surface area contributed by atoms with E-state index in [-0.39, 0.29) is 0 Å². The lowest BCUT2D eigenvalue weighted by Crippen LogP contribution is -2.34. The Morgan fingerprint density at radius 2 is 1.89 bits per heavy atom. The molecule has 2 aliphatic carbocycles. The summed E-state index contributed by atoms with van der Waals surface area (Å²) in [5.74, 6) is 2.88. The first-order valence-corrected chi connectivity index (χ1v) is 7.58. The Labute approximate surface area is 114 Å². The molecular weight excluding hydrogens is 244 g/mol. The van der Waals surface area contributed by atoms with Gasteiger partial charge in [-0.15, -0.1) is 0 Å². The van der Waals surface area contributed by atoms with Gasteiger partial charge in [0.1, 0.15) is 11.0 Å². The summed E-state index contributed by atoms with van der Waals surface area (Å²) in [7, 11) is 0. The van der Waals surface area contributed by atoms with Crippen molar-refractivity contribution in [2.24, 2.45) is 11.8 Å². The number of rotatable bonds is 2. The fourth-order valence-electron chi connectivity index (χ4n) is 3.70. The van der Waals surface area contributed by atoms with Gasteiger partial charge in [-0.2, -0.15) is 0 Å². The molecule has 2 nitrogen and oxygen atoms in total. The van der Waals surface area contributed by atoms with Crippen molar-refractivity contribution in [3.8, 4) is 0 Å². The van der Waals surface area contributed by atoms with Gasteiger partial charge in [-0.05, 0) is 43.2 Å². The molecule has 0 aromatic carbocycles. The van der Waals surface area contributed by atoms with Gasteiger partial charge < -0.3 is 5.32 Å². The van der Waals surface area contributed by atoms with Crippen LogP contribution in [0.2, 0.25) is 5.15 Å². The highest BCUT2D eigenvalue weighted by atomic mass is 35.5. The van der Waals surface area contributed by atoms with E-state index in [0.29, 0.717) is 11.2 Å². The van der Waals surface area contributed by atoms with Gasteiger partial charge in [0.25, 0.3) is 0 Å². The van der Waals surface area contributed by atoms with Crippen molar-refractivity contribution in [2.75, 3.05) is 5.32 Å². The van der Waals surface area contributed by atoms with Crippen molar-refractivity contribution >= 4 is 17.4 Å². The third-order valence-corrected chi connectivity index (χ3v) is 4.82. The standard InChI is InChI=1S/C15H21ClN2/c16-14-6-3-7-15(18-14)17-13-9-8-11-4-1-2-5-12(11)10-13/h3,6-7,11-13H,1-2,4-5,8-10H2,(H,17,18). The van der Waals surface area contributed by atoms with Crippen LogP contribution in [0, 0.1) is 11.8 Å². The molecule has 1 N–H and O–H groups in total. The summed E-state index contributed by atoms with van der Waals surface area (Å²) in [4.78, 5) is 4.33. The lowest BCUT2D eigenvalue weighted by atomic mass is 9.69. The fourth-order valence-corrected chi connectivity index (χ4v) is 3.87. The van der Waals surface area contributed by atoms with Gasteiger partial charge in [-0.25, -0.2) is 4.98 Å². The molecule has 0 aliphatic heterocycles. The van der Waals surface area contributed by atoms with Crippen LogP contribution in [0.15, 0.2) is 18.2 Å². The van der Waals surface area contributed by atoms with Crippen LogP contribution >= 0.6 is 11.6 Å². The zero-order valence-electron chi connectivity index (χ0n) is 10.7. The number of aromatic nitrogens is 1. The first-order chi connectivity index (χ1) is 8.81. The molecule has 2 aliphatic rings. The third-order valence-electron chi connectivity index (χ3n) is 4.61. The number of halogens is 1. The molecule has 98 valence electrons. The average molecular weight is 265 g/mol. The van der Waals surface area contributed by atoms with Crippen LogP contribution in [-0.2, 0) is 0 Å². The Balaban J connectivity index is 1.61. The largest absolute Gasteiger partial charge is 0.367 e. The fraction of sp³-hybridized carbons (Fsp3) is 0.667. The monoisotopic (exact) mass is 264 g/mol. The molecule has 2 fully saturated rings. The van der Waals surface area contributed by atoms with Crippen LogP contribution in [0.25, 0.3) is 0 Å². The quantitative estimate of drug-likeness (QED) is 0.795. The SMILES string of the molecule is Clc1cccc(NC2CCC3CCCCC3C2)n1. The first-order valence-electron chi connectivity index (χ1n) is 7.20. The zero-order chi connectivity index (χ0) is 12.4. The van der Waals surface area contributed by atoms with Crippen molar-refractivity contribution in [3.63, 3.8) is 0 Å². The van der Waals surface area contributed by atoms with E-state index in [2.05, 4.69) is 10.3 Å². The maximum absolute atomic E-state index is 5.92. The summed E-state index contributed by atoms with van der Waals surface area (Å²) < 4.78 is 0. The van der Waals surface area contributed by atoms with Gasteiger partial charge in [0, 0.05) is 6.04 Å².